The predicted molar refractivity (Wildman–Crippen MR) is 109 cm³/mol. The lowest BCUT2D eigenvalue weighted by Crippen LogP contribution is -2.50. The van der Waals surface area contributed by atoms with Gasteiger partial charge in [-0.3, -0.25) is 4.79 Å². The Kier molecular flexibility index (Phi) is 6.71. The number of halogens is 11. The van der Waals surface area contributed by atoms with Gasteiger partial charge in [-0.05, 0) is 41.4 Å². The normalized spacial score (nSPS) is 12.8. The molecule has 3 nitrogen and oxygen atoms in total. The third-order valence-electron chi connectivity index (χ3n) is 4.52. The summed E-state index contributed by atoms with van der Waals surface area (Å²) in [6, 6.07) is 4.59. The highest BCUT2D eigenvalue weighted by Gasteiger charge is 2.73. The van der Waals surface area contributed by atoms with E-state index in [0.717, 1.165) is 4.68 Å². The molecule has 3 aromatic rings. The Morgan fingerprint density at radius 3 is 1.85 bits per heavy atom. The standard InChI is InChI=1S/C19H7Cl4F7N2O/c20-12-2-1-8(3-11(12)16(23)33)9-6-31-32(7-9)15-13(21)4-10(5-14(15)22)17(24,18(25,26)27)19(28,29)30/h1-7H. The highest BCUT2D eigenvalue weighted by molar-refractivity contribution is 6.68. The molecular formula is C19H7Cl4F7N2O. The Bertz CT molecular complexity index is 1200. The van der Waals surface area contributed by atoms with Crippen LogP contribution >= 0.6 is 46.4 Å². The summed E-state index contributed by atoms with van der Waals surface area (Å²) in [7, 11) is 0. The minimum atomic E-state index is -6.33. The molecule has 33 heavy (non-hydrogen) atoms. The van der Waals surface area contributed by atoms with Gasteiger partial charge < -0.3 is 0 Å². The Morgan fingerprint density at radius 1 is 0.818 bits per heavy atom. The van der Waals surface area contributed by atoms with Crippen LogP contribution in [0.25, 0.3) is 16.8 Å². The zero-order valence-electron chi connectivity index (χ0n) is 15.5. The molecular weight excluding hydrogens is 547 g/mol. The molecule has 3 rings (SSSR count). The molecule has 0 N–H and O–H groups in total. The largest absolute Gasteiger partial charge is 0.435 e. The molecule has 2 aromatic carbocycles. The number of aromatic nitrogens is 2. The molecule has 0 fully saturated rings. The predicted octanol–water partition coefficient (Wildman–Crippen LogP) is 8.17. The number of carbonyl (C=O) groups excluding carboxylic acids is 1. The molecule has 0 spiro atoms. The van der Waals surface area contributed by atoms with Crippen LogP contribution in [0, 0.1) is 0 Å². The van der Waals surface area contributed by atoms with E-state index in [4.69, 9.17) is 46.4 Å². The second-order valence-electron chi connectivity index (χ2n) is 6.58. The van der Waals surface area contributed by atoms with Gasteiger partial charge in [0.1, 0.15) is 5.69 Å². The maximum Gasteiger partial charge on any atom is 0.435 e. The maximum atomic E-state index is 14.4. The van der Waals surface area contributed by atoms with Gasteiger partial charge in [0, 0.05) is 17.3 Å². The van der Waals surface area contributed by atoms with E-state index in [1.54, 1.807) is 0 Å². The third kappa shape index (κ3) is 4.53. The van der Waals surface area contributed by atoms with Crippen LogP contribution in [0.4, 0.5) is 30.7 Å². The Balaban J connectivity index is 2.10. The fraction of sp³-hybridized carbons (Fsp3) is 0.158. The molecule has 0 aliphatic carbocycles. The van der Waals surface area contributed by atoms with Crippen molar-refractivity contribution >= 4 is 51.6 Å². The van der Waals surface area contributed by atoms with Gasteiger partial charge in [0.15, 0.2) is 0 Å². The van der Waals surface area contributed by atoms with Gasteiger partial charge in [-0.1, -0.05) is 40.9 Å². The molecule has 0 radical (unpaired) electrons. The van der Waals surface area contributed by atoms with Gasteiger partial charge in [-0.15, -0.1) is 0 Å². The first-order valence-electron chi connectivity index (χ1n) is 8.44. The van der Waals surface area contributed by atoms with Gasteiger partial charge >= 0.3 is 18.0 Å². The van der Waals surface area contributed by atoms with Crippen LogP contribution in [0.15, 0.2) is 42.7 Å². The summed E-state index contributed by atoms with van der Waals surface area (Å²) in [6.45, 7) is 0. The van der Waals surface area contributed by atoms with Crippen LogP contribution in [0.5, 0.6) is 0 Å². The number of rotatable bonds is 4. The Labute approximate surface area is 200 Å². The quantitative estimate of drug-likeness (QED) is 0.241. The summed E-state index contributed by atoms with van der Waals surface area (Å²) in [5.41, 5.74) is -7.11. The first kappa shape index (κ1) is 25.6. The van der Waals surface area contributed by atoms with Gasteiger partial charge in [0.05, 0.1) is 26.8 Å². The van der Waals surface area contributed by atoms with E-state index in [-0.39, 0.29) is 28.4 Å². The number of benzene rings is 2. The van der Waals surface area contributed by atoms with E-state index < -0.39 is 38.9 Å². The van der Waals surface area contributed by atoms with Crippen molar-refractivity contribution in [3.05, 3.63) is 68.9 Å². The molecule has 0 aliphatic rings. The molecule has 176 valence electrons. The van der Waals surface area contributed by atoms with Crippen LogP contribution in [0.2, 0.25) is 15.1 Å². The second-order valence-corrected chi connectivity index (χ2v) is 8.15. The van der Waals surface area contributed by atoms with E-state index >= 15 is 0 Å². The van der Waals surface area contributed by atoms with Crippen molar-refractivity contribution in [2.75, 3.05) is 0 Å². The van der Waals surface area contributed by atoms with Crippen LogP contribution in [0.3, 0.4) is 0 Å². The molecule has 0 saturated heterocycles. The molecule has 0 bridgehead atoms. The summed E-state index contributed by atoms with van der Waals surface area (Å²) in [4.78, 5) is 11.5. The van der Waals surface area contributed by atoms with Crippen molar-refractivity contribution in [3.8, 4) is 16.8 Å². The molecule has 0 aliphatic heterocycles. The second kappa shape index (κ2) is 8.65. The molecule has 0 amide bonds. The number of hydrogen-bond acceptors (Lipinski definition) is 2. The fourth-order valence-corrected chi connectivity index (χ4v) is 3.99. The van der Waals surface area contributed by atoms with E-state index in [1.165, 1.54) is 30.6 Å². The van der Waals surface area contributed by atoms with Crippen molar-refractivity contribution in [1.29, 1.82) is 0 Å². The highest BCUT2D eigenvalue weighted by atomic mass is 35.5. The average molecular weight is 554 g/mol. The van der Waals surface area contributed by atoms with Crippen LogP contribution in [0.1, 0.15) is 15.9 Å². The number of alkyl halides is 7. The van der Waals surface area contributed by atoms with E-state index in [9.17, 15) is 35.5 Å². The van der Waals surface area contributed by atoms with Crippen molar-refractivity contribution < 1.29 is 35.5 Å². The minimum Gasteiger partial charge on any atom is -0.276 e. The average Bonchev–Trinajstić information content (AvgIpc) is 3.14. The van der Waals surface area contributed by atoms with Crippen LogP contribution in [-0.2, 0) is 5.67 Å². The molecule has 0 saturated carbocycles. The van der Waals surface area contributed by atoms with Crippen molar-refractivity contribution in [3.63, 3.8) is 0 Å². The van der Waals surface area contributed by atoms with Gasteiger partial charge in [-0.2, -0.15) is 31.4 Å². The SMILES string of the molecule is O=C(Cl)c1cc(-c2cnn(-c3c(Cl)cc(C(F)(C(F)(F)F)C(F)(F)F)cc3Cl)c2)ccc1Cl. The number of nitrogens with zero attached hydrogens (tertiary/aromatic N) is 2. The van der Waals surface area contributed by atoms with Gasteiger partial charge in [-0.25, -0.2) is 9.07 Å². The lowest BCUT2D eigenvalue weighted by Gasteiger charge is -2.30. The topological polar surface area (TPSA) is 34.9 Å². The van der Waals surface area contributed by atoms with Crippen molar-refractivity contribution in [2.24, 2.45) is 0 Å². The van der Waals surface area contributed by atoms with E-state index in [2.05, 4.69) is 5.10 Å². The molecule has 0 atom stereocenters. The van der Waals surface area contributed by atoms with Crippen molar-refractivity contribution in [2.45, 2.75) is 18.0 Å². The van der Waals surface area contributed by atoms with E-state index in [1.807, 2.05) is 0 Å². The number of carbonyl (C=O) groups is 1. The smallest absolute Gasteiger partial charge is 0.276 e. The van der Waals surface area contributed by atoms with Gasteiger partial charge in [0.2, 0.25) is 0 Å². The van der Waals surface area contributed by atoms with Gasteiger partial charge in [0.25, 0.3) is 5.24 Å². The Hall–Kier alpha value is -2.01. The summed E-state index contributed by atoms with van der Waals surface area (Å²) in [6.07, 6.45) is -10.1. The zero-order chi connectivity index (χ0) is 24.9. The first-order chi connectivity index (χ1) is 15.1. The zero-order valence-corrected chi connectivity index (χ0v) is 18.5. The Morgan fingerprint density at radius 2 is 1.36 bits per heavy atom. The summed E-state index contributed by atoms with van der Waals surface area (Å²) < 4.78 is 93.6. The van der Waals surface area contributed by atoms with Crippen LogP contribution in [-0.4, -0.2) is 27.4 Å². The molecule has 1 heterocycles. The lowest BCUT2D eigenvalue weighted by molar-refractivity contribution is -0.348. The monoisotopic (exact) mass is 552 g/mol. The van der Waals surface area contributed by atoms with Crippen molar-refractivity contribution in [1.82, 2.24) is 9.78 Å². The van der Waals surface area contributed by atoms with Crippen LogP contribution < -0.4 is 0 Å². The minimum absolute atomic E-state index is 0.0115. The molecule has 0 unspecified atom stereocenters. The third-order valence-corrected chi connectivity index (χ3v) is 5.63. The lowest BCUT2D eigenvalue weighted by atomic mass is 9.94. The maximum absolute atomic E-state index is 14.4. The highest BCUT2D eigenvalue weighted by Crippen LogP contribution is 2.54. The summed E-state index contributed by atoms with van der Waals surface area (Å²) >= 11 is 23.1. The molecule has 14 heteroatoms. The fourth-order valence-electron chi connectivity index (χ4n) is 2.92. The van der Waals surface area contributed by atoms with E-state index in [0.29, 0.717) is 11.1 Å². The first-order valence-corrected chi connectivity index (χ1v) is 9.95. The molecule has 1 aromatic heterocycles. The number of hydrogen-bond donors (Lipinski definition) is 0. The summed E-state index contributed by atoms with van der Waals surface area (Å²) in [5, 5.41) is 1.72. The summed E-state index contributed by atoms with van der Waals surface area (Å²) in [5.74, 6) is 0.